The topological polar surface area (TPSA) is 132 Å². The summed E-state index contributed by atoms with van der Waals surface area (Å²) >= 11 is 6.09. The van der Waals surface area contributed by atoms with E-state index in [-0.39, 0.29) is 21.3 Å². The highest BCUT2D eigenvalue weighted by atomic mass is 35.5. The largest absolute Gasteiger partial charge is 0.493 e. The molecule has 3 aromatic carbocycles. The van der Waals surface area contributed by atoms with Crippen molar-refractivity contribution in [3.63, 3.8) is 0 Å². The van der Waals surface area contributed by atoms with Gasteiger partial charge in [-0.1, -0.05) is 37.6 Å². The highest BCUT2D eigenvalue weighted by Gasteiger charge is 2.23. The molecule has 0 fully saturated rings. The van der Waals surface area contributed by atoms with Crippen LogP contribution in [-0.2, 0) is 10.0 Å². The van der Waals surface area contributed by atoms with Gasteiger partial charge in [0.2, 0.25) is 0 Å². The van der Waals surface area contributed by atoms with Gasteiger partial charge in [-0.05, 0) is 43.2 Å². The number of halogens is 1. The molecule has 0 spiro atoms. The molecule has 2 N–H and O–H groups in total. The van der Waals surface area contributed by atoms with Gasteiger partial charge in [-0.15, -0.1) is 0 Å². The Balaban J connectivity index is 1.91. The molecule has 3 rings (SSSR count). The number of non-ortho nitro benzene ring substituents is 1. The van der Waals surface area contributed by atoms with E-state index in [0.717, 1.165) is 18.9 Å². The molecule has 10 nitrogen and oxygen atoms in total. The second-order valence-electron chi connectivity index (χ2n) is 7.79. The number of sulfonamides is 1. The van der Waals surface area contributed by atoms with Crippen LogP contribution < -0.4 is 19.6 Å². The summed E-state index contributed by atoms with van der Waals surface area (Å²) in [4.78, 5) is 10.3. The lowest BCUT2D eigenvalue weighted by Crippen LogP contribution is -2.15. The maximum atomic E-state index is 13.2. The van der Waals surface area contributed by atoms with Crippen LogP contribution in [0.1, 0.15) is 32.3 Å². The van der Waals surface area contributed by atoms with Crippen LogP contribution in [0.15, 0.2) is 70.7 Å². The van der Waals surface area contributed by atoms with Crippen LogP contribution in [0.5, 0.6) is 11.5 Å². The number of rotatable bonds is 13. The number of nitrogens with one attached hydrogen (secondary N) is 2. The van der Waals surface area contributed by atoms with Gasteiger partial charge >= 0.3 is 0 Å². The van der Waals surface area contributed by atoms with Gasteiger partial charge in [0.1, 0.15) is 16.4 Å². The van der Waals surface area contributed by atoms with E-state index in [1.807, 2.05) is 13.8 Å². The third-order valence-electron chi connectivity index (χ3n) is 4.89. The summed E-state index contributed by atoms with van der Waals surface area (Å²) in [5.74, 6) is 1.21. The minimum absolute atomic E-state index is 0.0281. The molecular weight excluding hydrogens is 520 g/mol. The lowest BCUT2D eigenvalue weighted by atomic mass is 10.2. The monoisotopic (exact) mass is 546 g/mol. The number of nitro groups is 1. The number of anilines is 2. The molecule has 12 heteroatoms. The summed E-state index contributed by atoms with van der Waals surface area (Å²) in [6.45, 7) is 5.06. The average Bonchev–Trinajstić information content (AvgIpc) is 2.88. The number of benzene rings is 3. The summed E-state index contributed by atoms with van der Waals surface area (Å²) in [5.41, 5.74) is 3.07. The Morgan fingerprint density at radius 3 is 2.43 bits per heavy atom. The fourth-order valence-corrected chi connectivity index (χ4v) is 4.62. The van der Waals surface area contributed by atoms with E-state index in [2.05, 4.69) is 15.2 Å². The molecule has 0 atom stereocenters. The first-order valence-corrected chi connectivity index (χ1v) is 13.4. The molecule has 0 saturated heterocycles. The predicted molar refractivity (Wildman–Crippen MR) is 145 cm³/mol. The average molecular weight is 547 g/mol. The number of nitro benzene ring substituents is 1. The van der Waals surface area contributed by atoms with Gasteiger partial charge in [0.25, 0.3) is 15.7 Å². The van der Waals surface area contributed by atoms with Gasteiger partial charge in [-0.2, -0.15) is 5.10 Å². The van der Waals surface area contributed by atoms with Crippen molar-refractivity contribution in [2.45, 2.75) is 31.6 Å². The summed E-state index contributed by atoms with van der Waals surface area (Å²) in [6.07, 6.45) is 3.13. The first kappa shape index (κ1) is 27.8. The quantitative estimate of drug-likeness (QED) is 0.151. The molecular formula is C25H27ClN4O6S. The molecule has 0 saturated carbocycles. The van der Waals surface area contributed by atoms with Crippen LogP contribution in [-0.4, -0.2) is 32.8 Å². The predicted octanol–water partition coefficient (Wildman–Crippen LogP) is 6.07. The van der Waals surface area contributed by atoms with Crippen LogP contribution in [0.25, 0.3) is 0 Å². The molecule has 0 aliphatic carbocycles. The van der Waals surface area contributed by atoms with Crippen LogP contribution in [0.3, 0.4) is 0 Å². The third kappa shape index (κ3) is 7.58. The molecule has 3 aromatic rings. The first-order valence-electron chi connectivity index (χ1n) is 11.5. The maximum Gasteiger partial charge on any atom is 0.270 e. The number of hydrogen-bond donors (Lipinski definition) is 2. The highest BCUT2D eigenvalue weighted by molar-refractivity contribution is 7.93. The lowest BCUT2D eigenvalue weighted by molar-refractivity contribution is -0.385. The van der Waals surface area contributed by atoms with E-state index in [9.17, 15) is 18.5 Å². The molecule has 0 bridgehead atoms. The number of para-hydroxylation sites is 1. The van der Waals surface area contributed by atoms with Gasteiger partial charge in [-0.3, -0.25) is 20.3 Å². The first-order chi connectivity index (χ1) is 17.7. The molecule has 0 heterocycles. The molecule has 37 heavy (non-hydrogen) atoms. The minimum atomic E-state index is -4.27. The van der Waals surface area contributed by atoms with Crippen LogP contribution in [0.2, 0.25) is 5.02 Å². The zero-order valence-corrected chi connectivity index (χ0v) is 21.9. The standard InChI is InChI=1S/C25H27ClN4O6S/c1-3-13-35-20-11-9-18(24(16-20)36-14-4-2)17-27-28-23-12-10-19(30(31)32)15-25(23)37(33,34)29-22-8-6-5-7-21(22)26/h5-12,15-17,28-29H,3-4,13-14H2,1-2H3/b27-17-. The SMILES string of the molecule is CCCOc1ccc(/C=N\Nc2ccc([N+](=O)[O-])cc2S(=O)(=O)Nc2ccccc2Cl)c(OCCC)c1. The van der Waals surface area contributed by atoms with Gasteiger partial charge in [0, 0.05) is 23.8 Å². The number of ether oxygens (including phenoxy) is 2. The highest BCUT2D eigenvalue weighted by Crippen LogP contribution is 2.30. The van der Waals surface area contributed by atoms with E-state index in [1.165, 1.54) is 30.5 Å². The number of hydrogen-bond acceptors (Lipinski definition) is 8. The van der Waals surface area contributed by atoms with E-state index in [1.54, 1.807) is 30.3 Å². The van der Waals surface area contributed by atoms with Crippen LogP contribution in [0, 0.1) is 10.1 Å². The van der Waals surface area contributed by atoms with Crippen molar-refractivity contribution in [3.05, 3.63) is 81.4 Å². The minimum Gasteiger partial charge on any atom is -0.493 e. The van der Waals surface area contributed by atoms with Crippen molar-refractivity contribution in [3.8, 4) is 11.5 Å². The zero-order chi connectivity index (χ0) is 26.8. The van der Waals surface area contributed by atoms with Gasteiger partial charge < -0.3 is 9.47 Å². The summed E-state index contributed by atoms with van der Waals surface area (Å²) in [6, 6.07) is 15.0. The fraction of sp³-hybridized carbons (Fsp3) is 0.240. The number of hydrazone groups is 1. The molecule has 0 amide bonds. The van der Waals surface area contributed by atoms with Crippen molar-refractivity contribution in [2.75, 3.05) is 23.4 Å². The Hall–Kier alpha value is -3.83. The van der Waals surface area contributed by atoms with Crippen molar-refractivity contribution < 1.29 is 22.8 Å². The van der Waals surface area contributed by atoms with E-state index in [4.69, 9.17) is 21.1 Å². The zero-order valence-electron chi connectivity index (χ0n) is 20.3. The van der Waals surface area contributed by atoms with E-state index < -0.39 is 20.6 Å². The summed E-state index contributed by atoms with van der Waals surface area (Å²) < 4.78 is 40.2. The molecule has 196 valence electrons. The van der Waals surface area contributed by atoms with Gasteiger partial charge in [0.05, 0.1) is 40.7 Å². The Morgan fingerprint density at radius 1 is 1.00 bits per heavy atom. The van der Waals surface area contributed by atoms with Gasteiger partial charge in [-0.25, -0.2) is 8.42 Å². The Labute approximate surface area is 220 Å². The summed E-state index contributed by atoms with van der Waals surface area (Å²) in [7, 11) is -4.27. The second kappa shape index (κ2) is 12.9. The molecule has 0 aliphatic rings. The Kier molecular flexibility index (Phi) is 9.70. The molecule has 0 radical (unpaired) electrons. The van der Waals surface area contributed by atoms with E-state index in [0.29, 0.717) is 30.3 Å². The van der Waals surface area contributed by atoms with Crippen LogP contribution >= 0.6 is 11.6 Å². The van der Waals surface area contributed by atoms with E-state index >= 15 is 0 Å². The van der Waals surface area contributed by atoms with Crippen molar-refractivity contribution in [1.29, 1.82) is 0 Å². The van der Waals surface area contributed by atoms with Crippen molar-refractivity contribution in [2.24, 2.45) is 5.10 Å². The van der Waals surface area contributed by atoms with Crippen LogP contribution in [0.4, 0.5) is 17.1 Å². The lowest BCUT2D eigenvalue weighted by Gasteiger charge is -2.13. The number of nitrogens with zero attached hydrogens (tertiary/aromatic N) is 2. The van der Waals surface area contributed by atoms with Crippen molar-refractivity contribution in [1.82, 2.24) is 0 Å². The molecule has 0 aliphatic heterocycles. The smallest absolute Gasteiger partial charge is 0.270 e. The maximum absolute atomic E-state index is 13.2. The molecule has 0 aromatic heterocycles. The third-order valence-corrected chi connectivity index (χ3v) is 6.63. The Bertz CT molecular complexity index is 1380. The normalized spacial score (nSPS) is 11.3. The molecule has 0 unspecified atom stereocenters. The fourth-order valence-electron chi connectivity index (χ4n) is 3.12. The Morgan fingerprint density at radius 2 is 1.73 bits per heavy atom. The second-order valence-corrected chi connectivity index (χ2v) is 9.85. The van der Waals surface area contributed by atoms with Gasteiger partial charge in [0.15, 0.2) is 0 Å². The summed E-state index contributed by atoms with van der Waals surface area (Å²) in [5, 5.41) is 15.7. The van der Waals surface area contributed by atoms with Crippen molar-refractivity contribution >= 4 is 44.9 Å².